The first-order chi connectivity index (χ1) is 27.5. The predicted octanol–water partition coefficient (Wildman–Crippen LogP) is 21.0. The van der Waals surface area contributed by atoms with Crippen LogP contribution < -0.4 is 0 Å². The van der Waals surface area contributed by atoms with Crippen LogP contribution in [0.3, 0.4) is 0 Å². The summed E-state index contributed by atoms with van der Waals surface area (Å²) in [7, 11) is 0. The molecule has 2 heteroatoms. The van der Waals surface area contributed by atoms with Crippen molar-refractivity contribution in [3.05, 3.63) is 0 Å². The fourth-order valence-corrected chi connectivity index (χ4v) is 18.4. The van der Waals surface area contributed by atoms with Gasteiger partial charge in [-0.15, -0.1) is 0 Å². The summed E-state index contributed by atoms with van der Waals surface area (Å²) in [6, 6.07) is 0. The Hall–Kier alpha value is 1.06. The summed E-state index contributed by atoms with van der Waals surface area (Å²) in [5.74, 6) is 3.14. The van der Waals surface area contributed by atoms with E-state index in [0.29, 0.717) is 0 Å². The van der Waals surface area contributed by atoms with Gasteiger partial charge in [-0.1, -0.05) is 343 Å². The highest BCUT2D eigenvalue weighted by molar-refractivity contribution is 6.59. The van der Waals surface area contributed by atoms with Crippen LogP contribution in [0.5, 0.6) is 0 Å². The van der Waals surface area contributed by atoms with E-state index in [-0.39, 0.29) is 0 Å². The minimum Gasteiger partial charge on any atom is -0.0939 e. The van der Waals surface area contributed by atoms with E-state index in [2.05, 4.69) is 62.3 Å². The lowest BCUT2D eigenvalue weighted by molar-refractivity contribution is 0.453. The zero-order chi connectivity index (χ0) is 41.6. The average molecular weight is 817 g/mol. The van der Waals surface area contributed by atoms with E-state index >= 15 is 0 Å². The molecule has 336 valence electrons. The van der Waals surface area contributed by atoms with Gasteiger partial charge >= 0.3 is 0 Å². The van der Waals surface area contributed by atoms with Crippen molar-refractivity contribution in [2.45, 2.75) is 325 Å². The minimum atomic E-state index is -0.588. The molecule has 0 amide bonds. The van der Waals surface area contributed by atoms with Crippen LogP contribution in [0.1, 0.15) is 293 Å². The van der Waals surface area contributed by atoms with Gasteiger partial charge in [0.2, 0.25) is 0 Å². The van der Waals surface area contributed by atoms with Crippen LogP contribution in [0.4, 0.5) is 0 Å². The normalized spacial score (nSPS) is 13.0. The molecule has 0 aromatic rings. The Morgan fingerprint density at radius 2 is 0.446 bits per heavy atom. The maximum absolute atomic E-state index is 2.45. The van der Waals surface area contributed by atoms with E-state index in [9.17, 15) is 0 Å². The molecule has 0 N–H and O–H groups in total. The first-order valence-electron chi connectivity index (χ1n) is 27.5. The highest BCUT2D eigenvalue weighted by Gasteiger charge is 2.27. The topological polar surface area (TPSA) is 0 Å². The van der Waals surface area contributed by atoms with Crippen molar-refractivity contribution in [2.75, 3.05) is 0 Å². The van der Waals surface area contributed by atoms with Gasteiger partial charge in [0.05, 0.1) is 0 Å². The van der Waals surface area contributed by atoms with Crippen molar-refractivity contribution in [3.63, 3.8) is 0 Å². The molecule has 0 saturated carbocycles. The van der Waals surface area contributed by atoms with Gasteiger partial charge in [-0.3, -0.25) is 0 Å². The van der Waals surface area contributed by atoms with Crippen LogP contribution in [-0.2, 0) is 0 Å². The molecular weight excluding hydrogens is 703 g/mol. The molecule has 0 rings (SSSR count). The third-order valence-electron chi connectivity index (χ3n) is 14.0. The second-order valence-corrected chi connectivity index (χ2v) is 26.1. The number of hydrogen-bond donors (Lipinski definition) is 0. The van der Waals surface area contributed by atoms with Crippen molar-refractivity contribution in [1.29, 1.82) is 0 Å². The molecule has 0 fully saturated rings. The Bertz CT molecular complexity index is 587. The van der Waals surface area contributed by atoms with Crippen LogP contribution in [0.25, 0.3) is 0 Å². The standard InChI is InChI=1S/3C10H21.3C8H17.2Al/c3*1-3-5-7-9-10-8-6-4-2;3*1-4-6-7-8(3)5-2;;/h3*1,3-10H2,2H3;3*8H,3-7H2,1-2H3;;. The summed E-state index contributed by atoms with van der Waals surface area (Å²) < 4.78 is 0. The molecule has 0 aliphatic heterocycles. The van der Waals surface area contributed by atoms with Crippen molar-refractivity contribution >= 4 is 28.3 Å². The molecule has 3 atom stereocenters. The highest BCUT2D eigenvalue weighted by atomic mass is 27.2. The highest BCUT2D eigenvalue weighted by Crippen LogP contribution is 2.32. The second kappa shape index (κ2) is 50.4. The van der Waals surface area contributed by atoms with Gasteiger partial charge < -0.3 is 0 Å². The third-order valence-corrected chi connectivity index (χ3v) is 21.7. The van der Waals surface area contributed by atoms with Crippen LogP contribution in [-0.4, -0.2) is 28.3 Å². The van der Waals surface area contributed by atoms with Crippen molar-refractivity contribution < 1.29 is 0 Å². The Labute approximate surface area is 369 Å². The Kier molecular flexibility index (Phi) is 53.3. The first kappa shape index (κ1) is 59.2. The lowest BCUT2D eigenvalue weighted by Gasteiger charge is -2.26. The van der Waals surface area contributed by atoms with Gasteiger partial charge in [-0.25, -0.2) is 0 Å². The first-order valence-corrected chi connectivity index (χ1v) is 32.4. The van der Waals surface area contributed by atoms with Crippen molar-refractivity contribution in [3.8, 4) is 0 Å². The largest absolute Gasteiger partial charge is 0.262 e. The molecule has 0 aromatic heterocycles. The summed E-state index contributed by atoms with van der Waals surface area (Å²) in [6.07, 6.45) is 53.1. The van der Waals surface area contributed by atoms with E-state index in [1.165, 1.54) is 212 Å². The molecule has 0 heterocycles. The van der Waals surface area contributed by atoms with E-state index < -0.39 is 28.3 Å². The molecule has 0 aromatic carbocycles. The lowest BCUT2D eigenvalue weighted by atomic mass is 10.0. The predicted molar refractivity (Wildman–Crippen MR) is 268 cm³/mol. The maximum atomic E-state index is 2.45. The quantitative estimate of drug-likeness (QED) is 0.0424. The van der Waals surface area contributed by atoms with Crippen LogP contribution in [0, 0.1) is 17.8 Å². The maximum Gasteiger partial charge on any atom is 0.262 e. The molecular formula is C54H114Al2. The van der Waals surface area contributed by atoms with Crippen molar-refractivity contribution in [1.82, 2.24) is 0 Å². The Balaban J connectivity index is 0. The molecule has 56 heavy (non-hydrogen) atoms. The summed E-state index contributed by atoms with van der Waals surface area (Å²) in [4.78, 5) is 0. The Morgan fingerprint density at radius 3 is 0.661 bits per heavy atom. The third kappa shape index (κ3) is 43.2. The van der Waals surface area contributed by atoms with Gasteiger partial charge in [0.15, 0.2) is 0 Å². The van der Waals surface area contributed by atoms with Crippen molar-refractivity contribution in [2.24, 2.45) is 17.8 Å². The molecule has 0 aliphatic rings. The van der Waals surface area contributed by atoms with E-state index in [4.69, 9.17) is 0 Å². The second-order valence-electron chi connectivity index (χ2n) is 19.5. The molecule has 0 bridgehead atoms. The molecule has 0 aliphatic carbocycles. The monoisotopic (exact) mass is 817 g/mol. The molecule has 3 unspecified atom stereocenters. The van der Waals surface area contributed by atoms with Gasteiger partial charge in [0, 0.05) is 0 Å². The summed E-state index contributed by atoms with van der Waals surface area (Å²) in [6.45, 7) is 21.4. The fourth-order valence-electron chi connectivity index (χ4n) is 9.78. The SMILES string of the molecule is CCCCC(CC)[CH2][Al]([CH2]C(CC)CCCC)[CH2]C(CC)CCCC.CCCCCCCCC[CH2][Al]([CH2]CCCCCCCCC)[CH2]CCCCCCCCC. The van der Waals surface area contributed by atoms with Gasteiger partial charge in [0.1, 0.15) is 0 Å². The summed E-state index contributed by atoms with van der Waals surface area (Å²) in [5, 5.41) is 9.97. The zero-order valence-electron chi connectivity index (χ0n) is 41.6. The number of unbranched alkanes of at least 4 members (excludes halogenated alkanes) is 24. The zero-order valence-corrected chi connectivity index (χ0v) is 43.9. The fraction of sp³-hybridized carbons (Fsp3) is 1.00. The van der Waals surface area contributed by atoms with Gasteiger partial charge in [-0.2, -0.15) is 0 Å². The summed E-state index contributed by atoms with van der Waals surface area (Å²) >= 11 is -1.03. The van der Waals surface area contributed by atoms with Crippen LogP contribution >= 0.6 is 0 Å². The number of rotatable bonds is 45. The average Bonchev–Trinajstić information content (AvgIpc) is 3.22. The molecule has 0 spiro atoms. The van der Waals surface area contributed by atoms with Gasteiger partial charge in [-0.05, 0) is 0 Å². The van der Waals surface area contributed by atoms with E-state index in [0.717, 1.165) is 17.8 Å². The summed E-state index contributed by atoms with van der Waals surface area (Å²) in [5.41, 5.74) is 0. The molecule has 0 nitrogen and oxygen atoms in total. The molecule has 0 saturated heterocycles. The van der Waals surface area contributed by atoms with E-state index in [1.54, 1.807) is 51.0 Å². The Morgan fingerprint density at radius 1 is 0.232 bits per heavy atom. The van der Waals surface area contributed by atoms with Gasteiger partial charge in [0.25, 0.3) is 28.3 Å². The van der Waals surface area contributed by atoms with E-state index in [1.807, 2.05) is 0 Å². The van der Waals surface area contributed by atoms with Crippen LogP contribution in [0.2, 0.25) is 31.7 Å². The number of hydrogen-bond acceptors (Lipinski definition) is 0. The smallest absolute Gasteiger partial charge is 0.0939 e. The molecule has 0 radical (unpaired) electrons. The van der Waals surface area contributed by atoms with Crippen LogP contribution in [0.15, 0.2) is 0 Å². The minimum absolute atomic E-state index is 0.444. The lowest BCUT2D eigenvalue weighted by Crippen LogP contribution is -2.24.